The van der Waals surface area contributed by atoms with E-state index in [0.29, 0.717) is 23.5 Å². The van der Waals surface area contributed by atoms with Crippen molar-refractivity contribution in [3.63, 3.8) is 0 Å². The van der Waals surface area contributed by atoms with Crippen LogP contribution in [0, 0.1) is 23.0 Å². The SMILES string of the molecule is Cc1nn(C)c(N(CC(C)C)CC2CCCN2)c1[N+](=O)[O-]. The van der Waals surface area contributed by atoms with E-state index in [0.717, 1.165) is 26.1 Å². The van der Waals surface area contributed by atoms with Crippen molar-refractivity contribution < 1.29 is 4.92 Å². The summed E-state index contributed by atoms with van der Waals surface area (Å²) in [4.78, 5) is 13.2. The standard InChI is InChI=1S/C14H25N5O2/c1-10(2)8-18(9-12-6-5-7-15-12)14-13(19(20)21)11(3)16-17(14)4/h10,12,15H,5-9H2,1-4H3. The van der Waals surface area contributed by atoms with Gasteiger partial charge in [-0.05, 0) is 32.2 Å². The van der Waals surface area contributed by atoms with E-state index in [1.165, 1.54) is 6.42 Å². The van der Waals surface area contributed by atoms with Crippen molar-refractivity contribution in [2.24, 2.45) is 13.0 Å². The number of nitro groups is 1. The number of nitrogens with one attached hydrogen (secondary N) is 1. The first-order valence-electron chi connectivity index (χ1n) is 7.56. The Morgan fingerprint density at radius 2 is 2.29 bits per heavy atom. The molecule has 1 saturated heterocycles. The van der Waals surface area contributed by atoms with Crippen molar-refractivity contribution in [3.05, 3.63) is 15.8 Å². The first-order chi connectivity index (χ1) is 9.90. The van der Waals surface area contributed by atoms with Gasteiger partial charge >= 0.3 is 5.69 Å². The van der Waals surface area contributed by atoms with Crippen molar-refractivity contribution in [2.45, 2.75) is 39.7 Å². The van der Waals surface area contributed by atoms with E-state index in [4.69, 9.17) is 0 Å². The summed E-state index contributed by atoms with van der Waals surface area (Å²) in [5.41, 5.74) is 0.613. The van der Waals surface area contributed by atoms with Gasteiger partial charge in [0.2, 0.25) is 5.82 Å². The minimum atomic E-state index is -0.312. The minimum absolute atomic E-state index is 0.135. The van der Waals surface area contributed by atoms with Gasteiger partial charge in [0.1, 0.15) is 5.69 Å². The second-order valence-corrected chi connectivity index (χ2v) is 6.23. The molecule has 1 aromatic rings. The van der Waals surface area contributed by atoms with Crippen molar-refractivity contribution in [1.82, 2.24) is 15.1 Å². The normalized spacial score (nSPS) is 18.4. The van der Waals surface area contributed by atoms with Crippen LogP contribution in [-0.2, 0) is 7.05 Å². The van der Waals surface area contributed by atoms with E-state index in [-0.39, 0.29) is 10.6 Å². The Hall–Kier alpha value is -1.63. The van der Waals surface area contributed by atoms with Gasteiger partial charge in [-0.25, -0.2) is 4.68 Å². The molecule has 7 heteroatoms. The lowest BCUT2D eigenvalue weighted by atomic mass is 10.1. The Labute approximate surface area is 125 Å². The molecule has 7 nitrogen and oxygen atoms in total. The zero-order chi connectivity index (χ0) is 15.6. The molecule has 0 saturated carbocycles. The molecule has 118 valence electrons. The van der Waals surface area contributed by atoms with Crippen LogP contribution in [0.2, 0.25) is 0 Å². The van der Waals surface area contributed by atoms with Gasteiger partial charge in [-0.1, -0.05) is 13.8 Å². The lowest BCUT2D eigenvalue weighted by Crippen LogP contribution is -2.40. The highest BCUT2D eigenvalue weighted by molar-refractivity contribution is 5.61. The Morgan fingerprint density at radius 1 is 1.57 bits per heavy atom. The average molecular weight is 295 g/mol. The molecule has 21 heavy (non-hydrogen) atoms. The number of aromatic nitrogens is 2. The molecule has 1 N–H and O–H groups in total. The molecule has 0 bridgehead atoms. The van der Waals surface area contributed by atoms with E-state index in [1.807, 2.05) is 0 Å². The summed E-state index contributed by atoms with van der Waals surface area (Å²) in [6, 6.07) is 0.401. The maximum atomic E-state index is 11.4. The maximum absolute atomic E-state index is 11.4. The molecule has 0 spiro atoms. The minimum Gasteiger partial charge on any atom is -0.349 e. The molecule has 0 amide bonds. The fraction of sp³-hybridized carbons (Fsp3) is 0.786. The zero-order valence-corrected chi connectivity index (χ0v) is 13.3. The largest absolute Gasteiger partial charge is 0.349 e. The quantitative estimate of drug-likeness (QED) is 0.640. The van der Waals surface area contributed by atoms with Crippen LogP contribution in [0.1, 0.15) is 32.4 Å². The first-order valence-corrected chi connectivity index (χ1v) is 7.56. The van der Waals surface area contributed by atoms with E-state index >= 15 is 0 Å². The predicted molar refractivity (Wildman–Crippen MR) is 82.7 cm³/mol. The summed E-state index contributed by atoms with van der Waals surface area (Å²) >= 11 is 0. The molecule has 0 aromatic carbocycles. The summed E-state index contributed by atoms with van der Waals surface area (Å²) in [5, 5.41) is 19.1. The van der Waals surface area contributed by atoms with Crippen LogP contribution < -0.4 is 10.2 Å². The van der Waals surface area contributed by atoms with Gasteiger partial charge in [0, 0.05) is 26.2 Å². The number of hydrogen-bond donors (Lipinski definition) is 1. The smallest absolute Gasteiger partial charge is 0.333 e. The van der Waals surface area contributed by atoms with Crippen LogP contribution in [0.3, 0.4) is 0 Å². The van der Waals surface area contributed by atoms with Crippen molar-refractivity contribution in [3.8, 4) is 0 Å². The van der Waals surface area contributed by atoms with Gasteiger partial charge in [-0.2, -0.15) is 5.10 Å². The van der Waals surface area contributed by atoms with Gasteiger partial charge in [-0.15, -0.1) is 0 Å². The molecule has 2 rings (SSSR count). The van der Waals surface area contributed by atoms with Gasteiger partial charge in [0.25, 0.3) is 0 Å². The Kier molecular flexibility index (Phi) is 4.82. The van der Waals surface area contributed by atoms with Crippen LogP contribution in [0.5, 0.6) is 0 Å². The molecule has 1 aliphatic rings. The highest BCUT2D eigenvalue weighted by atomic mass is 16.6. The van der Waals surface area contributed by atoms with E-state index in [2.05, 4.69) is 29.2 Å². The Balaban J connectivity index is 2.33. The highest BCUT2D eigenvalue weighted by Gasteiger charge is 2.30. The van der Waals surface area contributed by atoms with Crippen LogP contribution in [0.15, 0.2) is 0 Å². The van der Waals surface area contributed by atoms with Crippen molar-refractivity contribution >= 4 is 11.5 Å². The van der Waals surface area contributed by atoms with Gasteiger partial charge in [0.15, 0.2) is 0 Å². The van der Waals surface area contributed by atoms with Crippen molar-refractivity contribution in [1.29, 1.82) is 0 Å². The van der Waals surface area contributed by atoms with Gasteiger partial charge < -0.3 is 10.2 Å². The number of anilines is 1. The monoisotopic (exact) mass is 295 g/mol. The fourth-order valence-corrected chi connectivity index (χ4v) is 3.07. The van der Waals surface area contributed by atoms with Crippen molar-refractivity contribution in [2.75, 3.05) is 24.5 Å². The number of aryl methyl sites for hydroxylation is 2. The number of nitrogens with zero attached hydrogens (tertiary/aromatic N) is 4. The Morgan fingerprint density at radius 3 is 2.81 bits per heavy atom. The van der Waals surface area contributed by atoms with Gasteiger partial charge in [-0.3, -0.25) is 10.1 Å². The second-order valence-electron chi connectivity index (χ2n) is 6.23. The first kappa shape index (κ1) is 15.8. The number of hydrogen-bond acceptors (Lipinski definition) is 5. The summed E-state index contributed by atoms with van der Waals surface area (Å²) in [7, 11) is 1.78. The lowest BCUT2D eigenvalue weighted by molar-refractivity contribution is -0.384. The third-order valence-corrected chi connectivity index (χ3v) is 3.83. The second kappa shape index (κ2) is 6.43. The van der Waals surface area contributed by atoms with Gasteiger partial charge in [0.05, 0.1) is 4.92 Å². The topological polar surface area (TPSA) is 76.2 Å². The number of rotatable bonds is 6. The summed E-state index contributed by atoms with van der Waals surface area (Å²) in [6.07, 6.45) is 2.30. The Bertz CT molecular complexity index is 506. The molecular weight excluding hydrogens is 270 g/mol. The van der Waals surface area contributed by atoms with Crippen LogP contribution in [0.25, 0.3) is 0 Å². The summed E-state index contributed by atoms with van der Waals surface area (Å²) in [5.74, 6) is 1.06. The summed E-state index contributed by atoms with van der Waals surface area (Å²) in [6.45, 7) is 8.57. The third-order valence-electron chi connectivity index (χ3n) is 3.83. The van der Waals surface area contributed by atoms with Crippen LogP contribution >= 0.6 is 0 Å². The van der Waals surface area contributed by atoms with Crippen LogP contribution in [0.4, 0.5) is 11.5 Å². The van der Waals surface area contributed by atoms with E-state index in [1.54, 1.807) is 18.7 Å². The van der Waals surface area contributed by atoms with E-state index in [9.17, 15) is 10.1 Å². The molecule has 1 atom stereocenters. The molecule has 1 aromatic heterocycles. The molecular formula is C14H25N5O2. The molecule has 1 fully saturated rings. The molecule has 0 aliphatic carbocycles. The maximum Gasteiger partial charge on any atom is 0.333 e. The lowest BCUT2D eigenvalue weighted by Gasteiger charge is -2.28. The molecule has 1 aliphatic heterocycles. The van der Waals surface area contributed by atoms with E-state index < -0.39 is 0 Å². The van der Waals surface area contributed by atoms with Crippen LogP contribution in [-0.4, -0.2) is 40.4 Å². The molecule has 2 heterocycles. The molecule has 0 radical (unpaired) electrons. The average Bonchev–Trinajstić information content (AvgIpc) is 2.95. The predicted octanol–water partition coefficient (Wildman–Crippen LogP) is 1.85. The fourth-order valence-electron chi connectivity index (χ4n) is 3.07. The third kappa shape index (κ3) is 3.53. The highest BCUT2D eigenvalue weighted by Crippen LogP contribution is 2.31. The summed E-state index contributed by atoms with van der Waals surface area (Å²) < 4.78 is 1.64. The zero-order valence-electron chi connectivity index (χ0n) is 13.3. The molecule has 1 unspecified atom stereocenters.